The molecule has 1 nitrogen and oxygen atoms in total. The van der Waals surface area contributed by atoms with Crippen molar-refractivity contribution in [1.82, 2.24) is 0 Å². The highest BCUT2D eigenvalue weighted by Gasteiger charge is 2.15. The van der Waals surface area contributed by atoms with Crippen molar-refractivity contribution in [2.45, 2.75) is 32.3 Å². The van der Waals surface area contributed by atoms with Crippen LogP contribution < -0.4 is 0 Å². The van der Waals surface area contributed by atoms with Gasteiger partial charge in [0, 0.05) is 11.7 Å². The second-order valence-electron chi connectivity index (χ2n) is 4.24. The lowest BCUT2D eigenvalue weighted by molar-refractivity contribution is 0.113. The van der Waals surface area contributed by atoms with Gasteiger partial charge in [0.2, 0.25) is 0 Å². The van der Waals surface area contributed by atoms with Gasteiger partial charge in [0.25, 0.3) is 0 Å². The van der Waals surface area contributed by atoms with Gasteiger partial charge in [-0.05, 0) is 44.4 Å². The number of hydrogen-bond acceptors (Lipinski definition) is 1. The van der Waals surface area contributed by atoms with Gasteiger partial charge in [-0.2, -0.15) is 0 Å². The smallest absolute Gasteiger partial charge is 0.146 e. The van der Waals surface area contributed by atoms with Crippen molar-refractivity contribution in [3.8, 4) is 0 Å². The Balaban J connectivity index is 2.65. The van der Waals surface area contributed by atoms with Crippen LogP contribution in [0.2, 0.25) is 0 Å². The van der Waals surface area contributed by atoms with E-state index in [0.717, 1.165) is 12.5 Å². The molecule has 0 amide bonds. The molecule has 0 aliphatic rings. The Bertz CT molecular complexity index is 319. The molecule has 0 heterocycles. The molecule has 0 N–H and O–H groups in total. The lowest BCUT2D eigenvalue weighted by atomic mass is 9.99. The fourth-order valence-electron chi connectivity index (χ4n) is 1.30. The third-order valence-electron chi connectivity index (χ3n) is 2.49. The zero-order valence-corrected chi connectivity index (χ0v) is 11.3. The minimum absolute atomic E-state index is 0.199. The standard InChI is InChI=1S/C11H16F2OSi/c1-11(2,14-15)4-3-8-5-9(12)7-10(13)6-8/h5-7H,3-4H2,1-2,15H3. The van der Waals surface area contributed by atoms with Crippen molar-refractivity contribution in [2.24, 2.45) is 0 Å². The molecule has 1 aromatic rings. The second-order valence-corrected chi connectivity index (χ2v) is 4.65. The third-order valence-corrected chi connectivity index (χ3v) is 3.60. The first-order valence-corrected chi connectivity index (χ1v) is 5.75. The Hall–Kier alpha value is -0.743. The van der Waals surface area contributed by atoms with Crippen LogP contribution in [0.1, 0.15) is 25.8 Å². The predicted molar refractivity (Wildman–Crippen MR) is 59.8 cm³/mol. The zero-order valence-electron chi connectivity index (χ0n) is 9.31. The minimum Gasteiger partial charge on any atom is -0.423 e. The molecule has 0 aliphatic carbocycles. The van der Waals surface area contributed by atoms with Gasteiger partial charge in [-0.3, -0.25) is 0 Å². The molecule has 1 aromatic carbocycles. The number of rotatable bonds is 4. The Morgan fingerprint density at radius 2 is 1.73 bits per heavy atom. The highest BCUT2D eigenvalue weighted by Crippen LogP contribution is 2.17. The van der Waals surface area contributed by atoms with Gasteiger partial charge in [-0.15, -0.1) is 0 Å². The van der Waals surface area contributed by atoms with E-state index in [1.165, 1.54) is 12.1 Å². The van der Waals surface area contributed by atoms with E-state index in [1.54, 1.807) is 0 Å². The summed E-state index contributed by atoms with van der Waals surface area (Å²) < 4.78 is 31.1. The van der Waals surface area contributed by atoms with E-state index in [2.05, 4.69) is 0 Å². The topological polar surface area (TPSA) is 9.23 Å². The summed E-state index contributed by atoms with van der Waals surface area (Å²) in [6.07, 6.45) is 1.39. The van der Waals surface area contributed by atoms with Crippen LogP contribution in [0.25, 0.3) is 0 Å². The van der Waals surface area contributed by atoms with Crippen LogP contribution in [0.5, 0.6) is 0 Å². The molecule has 15 heavy (non-hydrogen) atoms. The van der Waals surface area contributed by atoms with Crippen LogP contribution in [0.15, 0.2) is 18.2 Å². The highest BCUT2D eigenvalue weighted by atomic mass is 28.2. The van der Waals surface area contributed by atoms with Crippen LogP contribution in [0.3, 0.4) is 0 Å². The van der Waals surface area contributed by atoms with Crippen molar-refractivity contribution in [1.29, 1.82) is 0 Å². The molecule has 0 bridgehead atoms. The van der Waals surface area contributed by atoms with Crippen molar-refractivity contribution in [3.05, 3.63) is 35.4 Å². The largest absolute Gasteiger partial charge is 0.423 e. The van der Waals surface area contributed by atoms with Gasteiger partial charge < -0.3 is 4.43 Å². The van der Waals surface area contributed by atoms with E-state index in [9.17, 15) is 8.78 Å². The maximum atomic E-state index is 12.9. The first-order valence-electron chi connectivity index (χ1n) is 4.93. The van der Waals surface area contributed by atoms with Gasteiger partial charge in [0.15, 0.2) is 0 Å². The molecule has 0 saturated heterocycles. The SMILES string of the molecule is CC(C)(CCc1cc(F)cc(F)c1)O[SiH3]. The molecule has 0 aliphatic heterocycles. The molecule has 0 saturated carbocycles. The van der Waals surface area contributed by atoms with E-state index in [1.807, 2.05) is 13.8 Å². The van der Waals surface area contributed by atoms with Gasteiger partial charge in [-0.1, -0.05) is 0 Å². The molecule has 0 radical (unpaired) electrons. The summed E-state index contributed by atoms with van der Waals surface area (Å²) in [5.74, 6) is -1.04. The van der Waals surface area contributed by atoms with Crippen molar-refractivity contribution >= 4 is 10.5 Å². The number of hydrogen-bond donors (Lipinski definition) is 0. The molecule has 0 spiro atoms. The Morgan fingerprint density at radius 1 is 1.20 bits per heavy atom. The fourth-order valence-corrected chi connectivity index (χ4v) is 1.51. The lowest BCUT2D eigenvalue weighted by Gasteiger charge is -2.23. The monoisotopic (exact) mass is 230 g/mol. The zero-order chi connectivity index (χ0) is 11.5. The van der Waals surface area contributed by atoms with E-state index in [4.69, 9.17) is 4.43 Å². The molecule has 84 valence electrons. The molecule has 0 unspecified atom stereocenters. The molecule has 1 rings (SSSR count). The van der Waals surface area contributed by atoms with E-state index >= 15 is 0 Å². The Labute approximate surface area is 92.0 Å². The van der Waals surface area contributed by atoms with E-state index in [-0.39, 0.29) is 5.60 Å². The first kappa shape index (κ1) is 12.3. The van der Waals surface area contributed by atoms with Crippen LogP contribution in [-0.2, 0) is 10.8 Å². The van der Waals surface area contributed by atoms with Gasteiger partial charge in [0.1, 0.15) is 22.1 Å². The maximum absolute atomic E-state index is 12.9. The van der Waals surface area contributed by atoms with Gasteiger partial charge >= 0.3 is 0 Å². The Kier molecular flexibility index (Phi) is 3.99. The minimum atomic E-state index is -0.519. The van der Waals surface area contributed by atoms with E-state index in [0.29, 0.717) is 22.5 Å². The quantitative estimate of drug-likeness (QED) is 0.719. The molecular weight excluding hydrogens is 214 g/mol. The summed E-state index contributed by atoms with van der Waals surface area (Å²) >= 11 is 0. The number of benzene rings is 1. The molecule has 0 atom stereocenters. The summed E-state index contributed by atoms with van der Waals surface area (Å²) in [4.78, 5) is 0. The summed E-state index contributed by atoms with van der Waals surface area (Å²) in [7, 11) is 0.673. The lowest BCUT2D eigenvalue weighted by Crippen LogP contribution is -2.23. The van der Waals surface area contributed by atoms with Crippen LogP contribution in [0.4, 0.5) is 8.78 Å². The average molecular weight is 230 g/mol. The van der Waals surface area contributed by atoms with Crippen LogP contribution in [-0.4, -0.2) is 16.1 Å². The summed E-state index contributed by atoms with van der Waals surface area (Å²) in [5, 5.41) is 0. The maximum Gasteiger partial charge on any atom is 0.146 e. The summed E-state index contributed by atoms with van der Waals surface area (Å²) in [6, 6.07) is 3.62. The molecular formula is C11H16F2OSi. The van der Waals surface area contributed by atoms with E-state index < -0.39 is 11.6 Å². The molecule has 0 aromatic heterocycles. The van der Waals surface area contributed by atoms with Crippen LogP contribution >= 0.6 is 0 Å². The molecule has 4 heteroatoms. The number of halogens is 2. The van der Waals surface area contributed by atoms with Gasteiger partial charge in [-0.25, -0.2) is 8.78 Å². The summed E-state index contributed by atoms with van der Waals surface area (Å²) in [5.41, 5.74) is 0.481. The Morgan fingerprint density at radius 3 is 2.20 bits per heavy atom. The fraction of sp³-hybridized carbons (Fsp3) is 0.455. The molecule has 0 fully saturated rings. The normalized spacial score (nSPS) is 12.0. The van der Waals surface area contributed by atoms with Crippen molar-refractivity contribution in [3.63, 3.8) is 0 Å². The average Bonchev–Trinajstić information content (AvgIpc) is 2.14. The second kappa shape index (κ2) is 4.85. The third kappa shape index (κ3) is 4.09. The highest BCUT2D eigenvalue weighted by molar-refractivity contribution is 5.98. The predicted octanol–water partition coefficient (Wildman–Crippen LogP) is 1.97. The van der Waals surface area contributed by atoms with Gasteiger partial charge in [0.05, 0.1) is 0 Å². The van der Waals surface area contributed by atoms with Crippen molar-refractivity contribution in [2.75, 3.05) is 0 Å². The number of aryl methyl sites for hydroxylation is 1. The summed E-state index contributed by atoms with van der Waals surface area (Å²) in [6.45, 7) is 3.96. The van der Waals surface area contributed by atoms with Crippen LogP contribution in [0, 0.1) is 11.6 Å². The van der Waals surface area contributed by atoms with Crippen molar-refractivity contribution < 1.29 is 13.2 Å². The first-order chi connectivity index (χ1) is 6.93.